The van der Waals surface area contributed by atoms with Crippen molar-refractivity contribution < 1.29 is 22.8 Å². The van der Waals surface area contributed by atoms with Crippen molar-refractivity contribution in [3.8, 4) is 0 Å². The van der Waals surface area contributed by atoms with Gasteiger partial charge in [0.25, 0.3) is 0 Å². The maximum Gasteiger partial charge on any atom is 0.418 e. The zero-order valence-electron chi connectivity index (χ0n) is 20.9. The van der Waals surface area contributed by atoms with Crippen LogP contribution in [-0.2, 0) is 15.8 Å². The third-order valence-electron chi connectivity index (χ3n) is 8.94. The fourth-order valence-corrected chi connectivity index (χ4v) is 10.4. The predicted octanol–water partition coefficient (Wildman–Crippen LogP) is 5.20. The van der Waals surface area contributed by atoms with Gasteiger partial charge in [0.05, 0.1) is 28.1 Å². The largest absolute Gasteiger partial charge is 0.418 e. The number of anilines is 2. The average Bonchev–Trinajstić information content (AvgIpc) is 3.62. The van der Waals surface area contributed by atoms with Crippen molar-refractivity contribution in [2.45, 2.75) is 28.8 Å². The number of para-hydroxylation sites is 1. The molecule has 6 nitrogen and oxygen atoms in total. The molecule has 11 heteroatoms. The van der Waals surface area contributed by atoms with Gasteiger partial charge in [-0.3, -0.25) is 14.4 Å². The summed E-state index contributed by atoms with van der Waals surface area (Å²) in [5, 5.41) is 0.773. The molecule has 3 fully saturated rings. The van der Waals surface area contributed by atoms with Crippen LogP contribution in [0.2, 0.25) is 0 Å². The summed E-state index contributed by atoms with van der Waals surface area (Å²) >= 11 is 2.74. The van der Waals surface area contributed by atoms with Gasteiger partial charge in [-0.05, 0) is 54.0 Å². The molecular formula is C28H24F3N3O3S2. The lowest BCUT2D eigenvalue weighted by atomic mass is 9.68. The van der Waals surface area contributed by atoms with Gasteiger partial charge in [-0.25, -0.2) is 4.90 Å². The third-order valence-corrected chi connectivity index (χ3v) is 11.5. The van der Waals surface area contributed by atoms with E-state index in [1.165, 1.54) is 29.5 Å². The second-order valence-corrected chi connectivity index (χ2v) is 13.2. The Balaban J connectivity index is 1.31. The third kappa shape index (κ3) is 3.51. The summed E-state index contributed by atoms with van der Waals surface area (Å²) < 4.78 is 41.5. The van der Waals surface area contributed by atoms with Gasteiger partial charge in [0.2, 0.25) is 11.8 Å². The van der Waals surface area contributed by atoms with Gasteiger partial charge in [0, 0.05) is 35.8 Å². The van der Waals surface area contributed by atoms with Crippen molar-refractivity contribution in [1.29, 1.82) is 0 Å². The van der Waals surface area contributed by atoms with Gasteiger partial charge in [-0.1, -0.05) is 35.6 Å². The summed E-state index contributed by atoms with van der Waals surface area (Å²) in [6, 6.07) is 13.0. The van der Waals surface area contributed by atoms with Crippen LogP contribution in [0.4, 0.5) is 24.5 Å². The highest BCUT2D eigenvalue weighted by molar-refractivity contribution is 8.00. The number of H-pyrrole nitrogens is 1. The van der Waals surface area contributed by atoms with E-state index in [0.29, 0.717) is 6.42 Å². The highest BCUT2D eigenvalue weighted by atomic mass is 32.2. The Morgan fingerprint density at radius 2 is 1.62 bits per heavy atom. The molecule has 0 radical (unpaired) electrons. The zero-order chi connectivity index (χ0) is 27.4. The van der Waals surface area contributed by atoms with E-state index in [4.69, 9.17) is 0 Å². The lowest BCUT2D eigenvalue weighted by Crippen LogP contribution is -2.42. The molecule has 3 aromatic rings. The molecule has 4 aliphatic rings. The Morgan fingerprint density at radius 3 is 2.28 bits per heavy atom. The fourth-order valence-electron chi connectivity index (χ4n) is 7.52. The van der Waals surface area contributed by atoms with Crippen LogP contribution in [0.25, 0.3) is 0 Å². The molecule has 1 saturated heterocycles. The molecule has 2 aliphatic carbocycles. The van der Waals surface area contributed by atoms with Crippen molar-refractivity contribution in [2.24, 2.45) is 29.6 Å². The van der Waals surface area contributed by atoms with E-state index in [2.05, 4.69) is 17.1 Å². The topological polar surface area (TPSA) is 73.5 Å². The van der Waals surface area contributed by atoms with Crippen molar-refractivity contribution in [1.82, 2.24) is 4.98 Å². The molecule has 2 bridgehead atoms. The number of alkyl halides is 3. The number of amides is 2. The molecule has 2 saturated carbocycles. The van der Waals surface area contributed by atoms with Crippen molar-refractivity contribution in [3.63, 3.8) is 0 Å². The summed E-state index contributed by atoms with van der Waals surface area (Å²) in [5.74, 6) is -2.86. The number of thiazole rings is 1. The number of carbonyl (C=O) groups is 2. The SMILES string of the molecule is CN(C)c1ccc([C@H]2c3sc(=O)[nH]c3SC3C4CC(C5C(=O)N(c6ccccc6C(F)(F)F)C(=O)C45)C32)cc1. The van der Waals surface area contributed by atoms with E-state index in [1.807, 2.05) is 31.1 Å². The van der Waals surface area contributed by atoms with Crippen molar-refractivity contribution in [3.05, 3.63) is 74.2 Å². The second kappa shape index (κ2) is 8.47. The minimum absolute atomic E-state index is 0.0139. The number of nitrogens with zero attached hydrogens (tertiary/aromatic N) is 2. The quantitative estimate of drug-likeness (QED) is 0.438. The van der Waals surface area contributed by atoms with Crippen LogP contribution in [0.1, 0.15) is 28.3 Å². The summed E-state index contributed by atoms with van der Waals surface area (Å²) in [6.45, 7) is 0. The van der Waals surface area contributed by atoms with Crippen molar-refractivity contribution in [2.75, 3.05) is 23.9 Å². The van der Waals surface area contributed by atoms with E-state index in [9.17, 15) is 27.6 Å². The number of carbonyl (C=O) groups excluding carboxylic acids is 2. The highest BCUT2D eigenvalue weighted by Gasteiger charge is 2.70. The number of halogens is 3. The van der Waals surface area contributed by atoms with Crippen LogP contribution in [-0.4, -0.2) is 36.1 Å². The van der Waals surface area contributed by atoms with Crippen molar-refractivity contribution >= 4 is 46.3 Å². The van der Waals surface area contributed by atoms with Gasteiger partial charge in [0.1, 0.15) is 0 Å². The number of hydrogen-bond donors (Lipinski definition) is 1. The van der Waals surface area contributed by atoms with Crippen LogP contribution in [0, 0.1) is 29.6 Å². The van der Waals surface area contributed by atoms with Crippen LogP contribution in [0.3, 0.4) is 0 Å². The molecule has 1 aromatic heterocycles. The highest BCUT2D eigenvalue weighted by Crippen LogP contribution is 2.68. The maximum absolute atomic E-state index is 13.8. The molecule has 0 spiro atoms. The Hall–Kier alpha value is -3.05. The molecule has 6 unspecified atom stereocenters. The predicted molar refractivity (Wildman–Crippen MR) is 143 cm³/mol. The first-order chi connectivity index (χ1) is 18.6. The van der Waals surface area contributed by atoms with Crippen LogP contribution >= 0.6 is 23.1 Å². The second-order valence-electron chi connectivity index (χ2n) is 11.0. The number of aromatic amines is 1. The fraction of sp³-hybridized carbons (Fsp3) is 0.393. The summed E-state index contributed by atoms with van der Waals surface area (Å²) in [6.07, 6.45) is -4.02. The standard InChI is InChI=1S/C28H24F3N3O3S2/c1-33(2)13-9-7-12(8-10-13)18-19-14-11-15(22(19)38-24-23(18)39-27(37)32-24)21-20(14)25(35)34(26(21)36)17-6-4-3-5-16(17)28(29,30)31/h3-10,14-15,18-22H,11H2,1-2H3,(H,32,37)/t14?,15?,18-,19?,20?,21?,22?/m1/s1. The number of benzene rings is 2. The summed E-state index contributed by atoms with van der Waals surface area (Å²) in [4.78, 5) is 46.5. The lowest BCUT2D eigenvalue weighted by molar-refractivity contribution is -0.137. The molecular weight excluding hydrogens is 547 g/mol. The molecule has 2 amide bonds. The first-order valence-electron chi connectivity index (χ1n) is 12.8. The number of aromatic nitrogens is 1. The Labute approximate surface area is 230 Å². The Kier molecular flexibility index (Phi) is 5.42. The first-order valence-corrected chi connectivity index (χ1v) is 14.5. The molecule has 1 N–H and O–H groups in total. The van der Waals surface area contributed by atoms with Crippen LogP contribution in [0.15, 0.2) is 58.4 Å². The van der Waals surface area contributed by atoms with E-state index < -0.39 is 35.4 Å². The number of fused-ring (bicyclic) bond motifs is 9. The Bertz CT molecular complexity index is 1560. The normalized spacial score (nSPS) is 30.9. The summed E-state index contributed by atoms with van der Waals surface area (Å²) in [5.41, 5.74) is 0.701. The zero-order valence-corrected chi connectivity index (χ0v) is 22.6. The number of hydrogen-bond acceptors (Lipinski definition) is 6. The van der Waals surface area contributed by atoms with Gasteiger partial charge in [0.15, 0.2) is 0 Å². The number of rotatable bonds is 3. The lowest BCUT2D eigenvalue weighted by Gasteiger charge is -2.43. The summed E-state index contributed by atoms with van der Waals surface area (Å²) in [7, 11) is 3.92. The van der Waals surface area contributed by atoms with E-state index in [-0.39, 0.29) is 39.5 Å². The molecule has 2 aliphatic heterocycles. The molecule has 3 heterocycles. The van der Waals surface area contributed by atoms with Gasteiger partial charge in [-0.2, -0.15) is 13.2 Å². The van der Waals surface area contributed by atoms with Crippen LogP contribution < -0.4 is 14.7 Å². The molecule has 202 valence electrons. The minimum atomic E-state index is -4.69. The van der Waals surface area contributed by atoms with Gasteiger partial charge < -0.3 is 9.88 Å². The number of thioether (sulfide) groups is 1. The smallest absolute Gasteiger partial charge is 0.378 e. The molecule has 2 aromatic carbocycles. The minimum Gasteiger partial charge on any atom is -0.378 e. The maximum atomic E-state index is 13.8. The number of imide groups is 1. The van der Waals surface area contributed by atoms with Gasteiger partial charge >= 0.3 is 11.0 Å². The Morgan fingerprint density at radius 1 is 0.949 bits per heavy atom. The monoisotopic (exact) mass is 571 g/mol. The number of nitrogens with one attached hydrogen (secondary N) is 1. The average molecular weight is 572 g/mol. The molecule has 7 atom stereocenters. The molecule has 39 heavy (non-hydrogen) atoms. The molecule has 7 rings (SSSR count). The van der Waals surface area contributed by atoms with E-state index in [1.54, 1.807) is 11.8 Å². The van der Waals surface area contributed by atoms with E-state index >= 15 is 0 Å². The van der Waals surface area contributed by atoms with Gasteiger partial charge in [-0.15, -0.1) is 11.8 Å². The van der Waals surface area contributed by atoms with Crippen LogP contribution in [0.5, 0.6) is 0 Å². The first kappa shape index (κ1) is 25.0. The van der Waals surface area contributed by atoms with E-state index in [0.717, 1.165) is 32.1 Å².